The normalized spacial score (nSPS) is 12.7. The molecule has 1 aromatic carbocycles. The highest BCUT2D eigenvalue weighted by Crippen LogP contribution is 2.29. The lowest BCUT2D eigenvalue weighted by Crippen LogP contribution is -2.31. The second kappa shape index (κ2) is 6.00. The number of rotatable bonds is 4. The Morgan fingerprint density at radius 2 is 2.32 bits per heavy atom. The summed E-state index contributed by atoms with van der Waals surface area (Å²) < 4.78 is 16.2. The number of hydrazine groups is 1. The first kappa shape index (κ1) is 14.5. The molecule has 2 rings (SSSR count). The van der Waals surface area contributed by atoms with E-state index in [-0.39, 0.29) is 11.1 Å². The Bertz CT molecular complexity index is 587. The Morgan fingerprint density at radius 1 is 1.58 bits per heavy atom. The first-order chi connectivity index (χ1) is 9.08. The van der Waals surface area contributed by atoms with Crippen molar-refractivity contribution >= 4 is 27.5 Å². The summed E-state index contributed by atoms with van der Waals surface area (Å²) in [6, 6.07) is 4.24. The molecule has 7 heteroatoms. The van der Waals surface area contributed by atoms with E-state index in [1.165, 1.54) is 12.1 Å². The number of aromatic nitrogens is 2. The molecule has 0 bridgehead atoms. The lowest BCUT2D eigenvalue weighted by molar-refractivity contribution is 0.538. The highest BCUT2D eigenvalue weighted by molar-refractivity contribution is 9.10. The van der Waals surface area contributed by atoms with E-state index in [0.29, 0.717) is 12.1 Å². The van der Waals surface area contributed by atoms with Crippen molar-refractivity contribution in [3.05, 3.63) is 51.0 Å². The van der Waals surface area contributed by atoms with E-state index in [1.807, 2.05) is 6.92 Å². The maximum absolute atomic E-state index is 13.6. The van der Waals surface area contributed by atoms with Crippen molar-refractivity contribution in [3.8, 4) is 0 Å². The average molecular weight is 348 g/mol. The van der Waals surface area contributed by atoms with Crippen LogP contribution in [0, 0.1) is 5.82 Å². The molecule has 0 fully saturated rings. The standard InChI is InChI=1S/C12H13BrClFN4/c1-2-19-12(8(13)6-17-19)11(18-16)7-3-4-9(14)10(15)5-7/h3-6,11,18H,2,16H2,1H3. The van der Waals surface area contributed by atoms with Gasteiger partial charge in [0.05, 0.1) is 27.4 Å². The third-order valence-corrected chi connectivity index (χ3v) is 3.77. The molecule has 0 aliphatic heterocycles. The van der Waals surface area contributed by atoms with Crippen LogP contribution in [0.4, 0.5) is 4.39 Å². The zero-order chi connectivity index (χ0) is 14.0. The van der Waals surface area contributed by atoms with Crippen LogP contribution in [0.1, 0.15) is 24.2 Å². The first-order valence-electron chi connectivity index (χ1n) is 5.70. The molecule has 1 heterocycles. The summed E-state index contributed by atoms with van der Waals surface area (Å²) in [4.78, 5) is 0. The summed E-state index contributed by atoms with van der Waals surface area (Å²) in [7, 11) is 0. The molecule has 0 aliphatic rings. The molecule has 4 nitrogen and oxygen atoms in total. The molecule has 1 atom stereocenters. The van der Waals surface area contributed by atoms with Crippen LogP contribution in [0.5, 0.6) is 0 Å². The number of hydrogen-bond donors (Lipinski definition) is 2. The average Bonchev–Trinajstić information content (AvgIpc) is 2.76. The van der Waals surface area contributed by atoms with Crippen molar-refractivity contribution in [1.82, 2.24) is 15.2 Å². The molecule has 0 saturated heterocycles. The van der Waals surface area contributed by atoms with Gasteiger partial charge in [0.2, 0.25) is 0 Å². The van der Waals surface area contributed by atoms with Crippen molar-refractivity contribution in [2.75, 3.05) is 0 Å². The third-order valence-electron chi connectivity index (χ3n) is 2.85. The number of nitrogens with zero attached hydrogens (tertiary/aromatic N) is 2. The van der Waals surface area contributed by atoms with E-state index >= 15 is 0 Å². The largest absolute Gasteiger partial charge is 0.271 e. The van der Waals surface area contributed by atoms with Crippen LogP contribution in [0.25, 0.3) is 0 Å². The van der Waals surface area contributed by atoms with Gasteiger partial charge in [0.15, 0.2) is 0 Å². The Hall–Kier alpha value is -0.950. The molecule has 0 amide bonds. The maximum Gasteiger partial charge on any atom is 0.142 e. The SMILES string of the molecule is CCn1ncc(Br)c1C(NN)c1ccc(Cl)c(F)c1. The van der Waals surface area contributed by atoms with Gasteiger partial charge in [-0.15, -0.1) is 0 Å². The van der Waals surface area contributed by atoms with E-state index < -0.39 is 5.82 Å². The monoisotopic (exact) mass is 346 g/mol. The zero-order valence-electron chi connectivity index (χ0n) is 10.2. The molecule has 0 radical (unpaired) electrons. The predicted octanol–water partition coefficient (Wildman–Crippen LogP) is 3.01. The van der Waals surface area contributed by atoms with E-state index in [2.05, 4.69) is 26.5 Å². The van der Waals surface area contributed by atoms with E-state index in [1.54, 1.807) is 16.9 Å². The molecule has 0 aliphatic carbocycles. The fourth-order valence-corrected chi connectivity index (χ4v) is 2.58. The van der Waals surface area contributed by atoms with Crippen LogP contribution in [0.2, 0.25) is 5.02 Å². The highest BCUT2D eigenvalue weighted by atomic mass is 79.9. The van der Waals surface area contributed by atoms with Gasteiger partial charge in [-0.05, 0) is 40.5 Å². The van der Waals surface area contributed by atoms with E-state index in [9.17, 15) is 4.39 Å². The number of nitrogens with one attached hydrogen (secondary N) is 1. The fraction of sp³-hybridized carbons (Fsp3) is 0.250. The molecule has 0 saturated carbocycles. The number of benzene rings is 1. The van der Waals surface area contributed by atoms with Crippen LogP contribution in [0.3, 0.4) is 0 Å². The molecular weight excluding hydrogens is 335 g/mol. The van der Waals surface area contributed by atoms with Crippen molar-refractivity contribution in [1.29, 1.82) is 0 Å². The van der Waals surface area contributed by atoms with Crippen molar-refractivity contribution in [2.24, 2.45) is 5.84 Å². The van der Waals surface area contributed by atoms with Gasteiger partial charge in [-0.1, -0.05) is 17.7 Å². The van der Waals surface area contributed by atoms with Gasteiger partial charge in [-0.25, -0.2) is 9.82 Å². The van der Waals surface area contributed by atoms with Gasteiger partial charge < -0.3 is 0 Å². The summed E-state index contributed by atoms with van der Waals surface area (Å²) in [5.74, 6) is 5.14. The summed E-state index contributed by atoms with van der Waals surface area (Å²) >= 11 is 9.12. The molecule has 2 aromatic rings. The minimum absolute atomic E-state index is 0.0857. The Labute approximate surface area is 123 Å². The summed E-state index contributed by atoms with van der Waals surface area (Å²) in [6.07, 6.45) is 1.69. The number of hydrogen-bond acceptors (Lipinski definition) is 3. The van der Waals surface area contributed by atoms with Crippen molar-refractivity contribution in [3.63, 3.8) is 0 Å². The minimum Gasteiger partial charge on any atom is -0.271 e. The summed E-state index contributed by atoms with van der Waals surface area (Å²) in [6.45, 7) is 2.66. The van der Waals surface area contributed by atoms with Gasteiger partial charge in [0.1, 0.15) is 5.82 Å². The van der Waals surface area contributed by atoms with Gasteiger partial charge in [-0.2, -0.15) is 5.10 Å². The minimum atomic E-state index is -0.474. The molecule has 3 N–H and O–H groups in total. The van der Waals surface area contributed by atoms with Crippen LogP contribution in [-0.2, 0) is 6.54 Å². The molecule has 1 unspecified atom stereocenters. The zero-order valence-corrected chi connectivity index (χ0v) is 12.5. The summed E-state index contributed by atoms with van der Waals surface area (Å²) in [5.41, 5.74) is 4.20. The van der Waals surface area contributed by atoms with Crippen molar-refractivity contribution in [2.45, 2.75) is 19.5 Å². The molecule has 102 valence electrons. The smallest absolute Gasteiger partial charge is 0.142 e. The van der Waals surface area contributed by atoms with Gasteiger partial charge >= 0.3 is 0 Å². The van der Waals surface area contributed by atoms with Crippen molar-refractivity contribution < 1.29 is 4.39 Å². The summed E-state index contributed by atoms with van der Waals surface area (Å²) in [5, 5.41) is 4.31. The highest BCUT2D eigenvalue weighted by Gasteiger charge is 2.21. The Balaban J connectivity index is 2.49. The number of nitrogens with two attached hydrogens (primary N) is 1. The lowest BCUT2D eigenvalue weighted by atomic mass is 10.0. The van der Waals surface area contributed by atoms with E-state index in [0.717, 1.165) is 10.2 Å². The van der Waals surface area contributed by atoms with Gasteiger partial charge in [0, 0.05) is 6.54 Å². The second-order valence-corrected chi connectivity index (χ2v) is 5.23. The third kappa shape index (κ3) is 2.81. The fourth-order valence-electron chi connectivity index (χ4n) is 1.94. The first-order valence-corrected chi connectivity index (χ1v) is 6.87. The number of aryl methyl sites for hydroxylation is 1. The maximum atomic E-state index is 13.6. The predicted molar refractivity (Wildman–Crippen MR) is 76.2 cm³/mol. The van der Waals surface area contributed by atoms with Crippen LogP contribution < -0.4 is 11.3 Å². The Morgan fingerprint density at radius 3 is 2.89 bits per heavy atom. The quantitative estimate of drug-likeness (QED) is 0.660. The second-order valence-electron chi connectivity index (χ2n) is 3.97. The molecular formula is C12H13BrClFN4. The molecule has 0 spiro atoms. The number of halogens is 3. The topological polar surface area (TPSA) is 55.9 Å². The van der Waals surface area contributed by atoms with Gasteiger partial charge in [0.25, 0.3) is 0 Å². The molecule has 19 heavy (non-hydrogen) atoms. The van der Waals surface area contributed by atoms with Crippen LogP contribution in [-0.4, -0.2) is 9.78 Å². The van der Waals surface area contributed by atoms with Crippen LogP contribution >= 0.6 is 27.5 Å². The lowest BCUT2D eigenvalue weighted by Gasteiger charge is -2.18. The molecule has 1 aromatic heterocycles. The van der Waals surface area contributed by atoms with Crippen LogP contribution in [0.15, 0.2) is 28.9 Å². The Kier molecular flexibility index (Phi) is 4.57. The van der Waals surface area contributed by atoms with E-state index in [4.69, 9.17) is 17.4 Å². The van der Waals surface area contributed by atoms with Gasteiger partial charge in [-0.3, -0.25) is 10.5 Å².